The summed E-state index contributed by atoms with van der Waals surface area (Å²) in [6.45, 7) is 3.81. The van der Waals surface area contributed by atoms with Gasteiger partial charge in [0.25, 0.3) is 0 Å². The van der Waals surface area contributed by atoms with Crippen LogP contribution >= 0.6 is 0 Å². The van der Waals surface area contributed by atoms with E-state index in [0.29, 0.717) is 6.54 Å². The Morgan fingerprint density at radius 1 is 1.15 bits per heavy atom. The van der Waals surface area contributed by atoms with E-state index < -0.39 is 0 Å². The van der Waals surface area contributed by atoms with Gasteiger partial charge in [0, 0.05) is 25.1 Å². The minimum absolute atomic E-state index is 0.0700. The molecule has 4 heterocycles. The fourth-order valence-corrected chi connectivity index (χ4v) is 3.71. The van der Waals surface area contributed by atoms with Crippen molar-refractivity contribution < 1.29 is 0 Å². The van der Waals surface area contributed by atoms with Gasteiger partial charge in [-0.05, 0) is 36.2 Å². The highest BCUT2D eigenvalue weighted by Gasteiger charge is 2.23. The summed E-state index contributed by atoms with van der Waals surface area (Å²) in [5, 5.41) is 3.44. The van der Waals surface area contributed by atoms with Crippen molar-refractivity contribution in [2.24, 2.45) is 0 Å². The second-order valence-corrected chi connectivity index (χ2v) is 6.76. The highest BCUT2D eigenvalue weighted by molar-refractivity contribution is 5.75. The number of imidazole rings is 2. The number of H-pyrrole nitrogens is 1. The summed E-state index contributed by atoms with van der Waals surface area (Å²) in [7, 11) is 0. The Hall–Kier alpha value is -3.35. The van der Waals surface area contributed by atoms with E-state index in [-0.39, 0.29) is 6.17 Å². The first kappa shape index (κ1) is 15.9. The first-order chi connectivity index (χ1) is 13.3. The second kappa shape index (κ2) is 6.42. The highest BCUT2D eigenvalue weighted by atomic mass is 15.3. The maximum absolute atomic E-state index is 4.85. The second-order valence-electron chi connectivity index (χ2n) is 6.76. The topological polar surface area (TPSA) is 74.7 Å². The van der Waals surface area contributed by atoms with Gasteiger partial charge in [0.05, 0.1) is 23.9 Å². The molecular formula is C20H21N7. The van der Waals surface area contributed by atoms with E-state index in [1.54, 1.807) is 6.33 Å². The number of rotatable bonds is 5. The van der Waals surface area contributed by atoms with Gasteiger partial charge in [0.1, 0.15) is 17.5 Å². The fourth-order valence-electron chi connectivity index (χ4n) is 3.71. The number of nitrogens with one attached hydrogen (secondary N) is 2. The van der Waals surface area contributed by atoms with E-state index in [4.69, 9.17) is 4.98 Å². The third kappa shape index (κ3) is 2.71. The predicted octanol–water partition coefficient (Wildman–Crippen LogP) is 3.29. The molecule has 5 rings (SSSR count). The lowest BCUT2D eigenvalue weighted by Gasteiger charge is -2.26. The number of fused-ring (bicyclic) bond motifs is 2. The van der Waals surface area contributed by atoms with Crippen LogP contribution in [0.1, 0.15) is 30.9 Å². The smallest absolute Gasteiger partial charge is 0.160 e. The molecule has 1 unspecified atom stereocenters. The van der Waals surface area contributed by atoms with Gasteiger partial charge in [-0.25, -0.2) is 15.0 Å². The van der Waals surface area contributed by atoms with Crippen LogP contribution in [0.15, 0.2) is 55.3 Å². The van der Waals surface area contributed by atoms with Crippen molar-refractivity contribution in [1.82, 2.24) is 34.7 Å². The van der Waals surface area contributed by atoms with Crippen molar-refractivity contribution in [1.29, 1.82) is 0 Å². The molecule has 4 aromatic rings. The van der Waals surface area contributed by atoms with E-state index >= 15 is 0 Å². The summed E-state index contributed by atoms with van der Waals surface area (Å²) < 4.78 is 2.23. The molecule has 7 heteroatoms. The van der Waals surface area contributed by atoms with Crippen LogP contribution in [0.4, 0.5) is 0 Å². The van der Waals surface area contributed by atoms with Crippen molar-refractivity contribution >= 4 is 22.2 Å². The summed E-state index contributed by atoms with van der Waals surface area (Å²) >= 11 is 0. The first-order valence-electron chi connectivity index (χ1n) is 9.25. The van der Waals surface area contributed by atoms with Crippen molar-refractivity contribution in [3.05, 3.63) is 66.6 Å². The molecule has 3 aromatic heterocycles. The Kier molecular flexibility index (Phi) is 3.78. The van der Waals surface area contributed by atoms with E-state index in [0.717, 1.165) is 41.0 Å². The molecular weight excluding hydrogens is 338 g/mol. The normalized spacial score (nSPS) is 16.5. The molecule has 0 aliphatic carbocycles. The van der Waals surface area contributed by atoms with Crippen LogP contribution in [0.5, 0.6) is 0 Å². The van der Waals surface area contributed by atoms with Crippen molar-refractivity contribution in [3.63, 3.8) is 0 Å². The largest absolute Gasteiger partial charge is 0.366 e. The van der Waals surface area contributed by atoms with Gasteiger partial charge in [-0.3, -0.25) is 0 Å². The van der Waals surface area contributed by atoms with Crippen LogP contribution in [0.3, 0.4) is 0 Å². The molecule has 1 aromatic carbocycles. The average Bonchev–Trinajstić information content (AvgIpc) is 3.41. The molecule has 1 aliphatic rings. The van der Waals surface area contributed by atoms with Crippen molar-refractivity contribution in [2.75, 3.05) is 0 Å². The minimum Gasteiger partial charge on any atom is -0.366 e. The van der Waals surface area contributed by atoms with Gasteiger partial charge >= 0.3 is 0 Å². The average molecular weight is 359 g/mol. The van der Waals surface area contributed by atoms with Gasteiger partial charge in [-0.1, -0.05) is 13.0 Å². The van der Waals surface area contributed by atoms with Gasteiger partial charge in [-0.15, -0.1) is 0 Å². The van der Waals surface area contributed by atoms with Gasteiger partial charge in [0.2, 0.25) is 0 Å². The van der Waals surface area contributed by atoms with Gasteiger partial charge in [0.15, 0.2) is 5.65 Å². The summed E-state index contributed by atoms with van der Waals surface area (Å²) in [5.74, 6) is 1.03. The summed E-state index contributed by atoms with van der Waals surface area (Å²) in [5.41, 5.74) is 5.12. The maximum Gasteiger partial charge on any atom is 0.160 e. The molecule has 0 radical (unpaired) electrons. The van der Waals surface area contributed by atoms with Crippen LogP contribution in [0.25, 0.3) is 22.2 Å². The van der Waals surface area contributed by atoms with Crippen molar-refractivity contribution in [3.8, 4) is 0 Å². The molecule has 0 bridgehead atoms. The number of nitrogens with zero attached hydrogens (tertiary/aromatic N) is 5. The highest BCUT2D eigenvalue weighted by Crippen LogP contribution is 2.27. The number of benzene rings is 1. The Morgan fingerprint density at radius 3 is 3.04 bits per heavy atom. The zero-order chi connectivity index (χ0) is 18.2. The summed E-state index contributed by atoms with van der Waals surface area (Å²) in [6.07, 6.45) is 8.76. The zero-order valence-electron chi connectivity index (χ0n) is 15.1. The molecule has 0 amide bonds. The van der Waals surface area contributed by atoms with Crippen molar-refractivity contribution in [2.45, 2.75) is 32.6 Å². The third-order valence-electron chi connectivity index (χ3n) is 4.97. The zero-order valence-corrected chi connectivity index (χ0v) is 15.1. The molecule has 0 saturated heterocycles. The standard InChI is InChI=1S/C20H21N7/c1-2-9-27-18(25-16-4-3-7-21-20(16)27)12-26-10-8-22-19(26)14-5-6-15-17(11-14)24-13-23-15/h3-8,10-11,13,19,22H,2,9,12H2,1H3,(H,23,24). The van der Waals surface area contributed by atoms with Crippen LogP contribution in [0.2, 0.25) is 0 Å². The Labute approximate surface area is 156 Å². The molecule has 2 N–H and O–H groups in total. The number of aryl methyl sites for hydroxylation is 1. The Balaban J connectivity index is 1.48. The lowest BCUT2D eigenvalue weighted by atomic mass is 10.1. The van der Waals surface area contributed by atoms with Crippen LogP contribution < -0.4 is 5.32 Å². The molecule has 0 spiro atoms. The van der Waals surface area contributed by atoms with E-state index in [1.807, 2.05) is 24.5 Å². The molecule has 0 fully saturated rings. The molecule has 1 aliphatic heterocycles. The number of hydrogen-bond acceptors (Lipinski definition) is 5. The molecule has 136 valence electrons. The predicted molar refractivity (Wildman–Crippen MR) is 104 cm³/mol. The Bertz CT molecular complexity index is 1120. The number of hydrogen-bond donors (Lipinski definition) is 2. The third-order valence-corrected chi connectivity index (χ3v) is 4.97. The van der Waals surface area contributed by atoms with E-state index in [2.05, 4.69) is 61.1 Å². The summed E-state index contributed by atoms with van der Waals surface area (Å²) in [4.78, 5) is 19.1. The molecule has 7 nitrogen and oxygen atoms in total. The number of pyridine rings is 1. The van der Waals surface area contributed by atoms with Crippen LogP contribution in [-0.2, 0) is 13.1 Å². The Morgan fingerprint density at radius 2 is 2.11 bits per heavy atom. The number of aromatic amines is 1. The first-order valence-corrected chi connectivity index (χ1v) is 9.25. The minimum atomic E-state index is 0.0700. The monoisotopic (exact) mass is 359 g/mol. The van der Waals surface area contributed by atoms with E-state index in [1.165, 1.54) is 5.56 Å². The lowest BCUT2D eigenvalue weighted by Crippen LogP contribution is -2.27. The molecule has 0 saturated carbocycles. The van der Waals surface area contributed by atoms with Gasteiger partial charge in [-0.2, -0.15) is 0 Å². The van der Waals surface area contributed by atoms with E-state index in [9.17, 15) is 0 Å². The van der Waals surface area contributed by atoms with Gasteiger partial charge < -0.3 is 19.8 Å². The maximum atomic E-state index is 4.85. The quantitative estimate of drug-likeness (QED) is 0.572. The SMILES string of the molecule is CCCn1c(CN2C=CNC2c2ccc3nc[nH]c3c2)nc2cccnc21. The fraction of sp³-hybridized carbons (Fsp3) is 0.250. The lowest BCUT2D eigenvalue weighted by molar-refractivity contribution is 0.266. The molecule has 27 heavy (non-hydrogen) atoms. The van der Waals surface area contributed by atoms with Crippen LogP contribution in [-0.4, -0.2) is 29.4 Å². The van der Waals surface area contributed by atoms with Crippen LogP contribution in [0, 0.1) is 0 Å². The summed E-state index contributed by atoms with van der Waals surface area (Å²) in [6, 6.07) is 10.3. The molecule has 1 atom stereocenters. The number of aromatic nitrogens is 5.